The van der Waals surface area contributed by atoms with Gasteiger partial charge in [-0.15, -0.1) is 0 Å². The largest absolute Gasteiger partial charge is 0.495 e. The highest BCUT2D eigenvalue weighted by Crippen LogP contribution is 2.49. The van der Waals surface area contributed by atoms with Gasteiger partial charge in [0.05, 0.1) is 72.0 Å². The normalized spacial score (nSPS) is 12.6. The van der Waals surface area contributed by atoms with Crippen LogP contribution in [0.2, 0.25) is 15.1 Å². The van der Waals surface area contributed by atoms with E-state index in [0.29, 0.717) is 185 Å². The molecule has 0 spiro atoms. The Morgan fingerprint density at radius 3 is 1.14 bits per heavy atom. The highest BCUT2D eigenvalue weighted by atomic mass is 35.5. The number of aromatic nitrogens is 8. The predicted molar refractivity (Wildman–Crippen MR) is 471 cm³/mol. The van der Waals surface area contributed by atoms with Crippen LogP contribution < -0.4 is 92.3 Å². The molecule has 0 saturated heterocycles. The lowest BCUT2D eigenvalue weighted by molar-refractivity contribution is 0.171. The minimum Gasteiger partial charge on any atom is -0.495 e. The number of imidazole rings is 4. The van der Waals surface area contributed by atoms with Crippen LogP contribution in [0.5, 0.6) is 86.6 Å². The Morgan fingerprint density at radius 2 is 0.700 bits per heavy atom. The van der Waals surface area contributed by atoms with Crippen molar-refractivity contribution < 1.29 is 106 Å². The number of halogens is 11. The van der Waals surface area contributed by atoms with Crippen LogP contribution in [0.4, 0.5) is 81.1 Å². The van der Waals surface area contributed by atoms with E-state index in [1.54, 1.807) is 164 Å². The summed E-state index contributed by atoms with van der Waals surface area (Å²) in [5, 5.41) is 13.3. The molecule has 27 nitrogen and oxygen atoms in total. The minimum absolute atomic E-state index is 0.00451. The smallest absolute Gasteiger partial charge is 0.228 e. The van der Waals surface area contributed by atoms with E-state index in [1.807, 2.05) is 18.2 Å². The molecule has 0 radical (unpaired) electrons. The molecule has 0 saturated carbocycles. The molecule has 4 N–H and O–H groups in total. The van der Waals surface area contributed by atoms with Crippen LogP contribution in [0.1, 0.15) is 0 Å². The number of nitrogens with one attached hydrogen (secondary N) is 4. The van der Waals surface area contributed by atoms with Crippen molar-refractivity contribution >= 4 is 103 Å². The molecule has 4 aliphatic rings. The van der Waals surface area contributed by atoms with Gasteiger partial charge in [-0.2, -0.15) is 0 Å². The Balaban J connectivity index is 0.000000122. The number of pyridine rings is 4. The molecule has 0 aliphatic carbocycles. The summed E-state index contributed by atoms with van der Waals surface area (Å²) in [5.41, 5.74) is 5.07. The molecule has 668 valence electrons. The number of fused-ring (bicyclic) bond motifs is 8. The van der Waals surface area contributed by atoms with Gasteiger partial charge in [-0.1, -0.05) is 59.1 Å². The summed E-state index contributed by atoms with van der Waals surface area (Å²) in [7, 11) is 6.10. The minimum atomic E-state index is -1.18. The van der Waals surface area contributed by atoms with Gasteiger partial charge in [0.1, 0.15) is 164 Å². The number of alkyl halides is 3. The molecule has 0 atom stereocenters. The Morgan fingerprint density at radius 1 is 0.338 bits per heavy atom. The fraction of sp³-hybridized carbons (Fsp3) is 0.174. The average molecular weight is 1850 g/mol. The van der Waals surface area contributed by atoms with E-state index in [9.17, 15) is 22.0 Å². The molecule has 0 amide bonds. The summed E-state index contributed by atoms with van der Waals surface area (Å²) in [6.07, 6.45) is 1.78. The molecule has 4 aliphatic heterocycles. The van der Waals surface area contributed by atoms with E-state index in [2.05, 4.69) is 41.2 Å². The SMILES string of the molecule is COc1ccc2nc(-c3c(F)cccc3Cl)c(Nc3ccc4c(c3)OCCO4)n2c1.COc1cccc2nc(-c3c(Cl)ccc(OCF)c3F)c(Nc3ccc4c(c3)OCCO4)n12.COc1cccc2nc(-c3c(F)ccc(OCCF)c3F)c(Nc3ccc4c(c3)OCCO4)n12.COc1cccc2nc(-c3c(F)ccc(OCF)c3Cl)c(Nc3ccc4c(c3)OCCO4)n12. The number of ether oxygens (including phenoxy) is 15. The van der Waals surface area contributed by atoms with E-state index in [-0.39, 0.29) is 78.5 Å². The molecule has 20 rings (SSSR count). The zero-order valence-corrected chi connectivity index (χ0v) is 71.2. The molecule has 0 unspecified atom stereocenters. The van der Waals surface area contributed by atoms with Crippen molar-refractivity contribution in [2.45, 2.75) is 0 Å². The first kappa shape index (κ1) is 87.1. The van der Waals surface area contributed by atoms with E-state index in [4.69, 9.17) is 106 Å². The molecule has 130 heavy (non-hydrogen) atoms. The number of rotatable bonds is 23. The van der Waals surface area contributed by atoms with Gasteiger partial charge in [-0.3, -0.25) is 4.40 Å². The highest BCUT2D eigenvalue weighted by molar-refractivity contribution is 6.35. The number of methoxy groups -OCH3 is 4. The van der Waals surface area contributed by atoms with Crippen molar-refractivity contribution in [2.24, 2.45) is 0 Å². The van der Waals surface area contributed by atoms with Crippen LogP contribution in [-0.4, -0.2) is 146 Å². The van der Waals surface area contributed by atoms with Crippen LogP contribution in [-0.2, 0) is 0 Å². The second-order valence-electron chi connectivity index (χ2n) is 28.1. The van der Waals surface area contributed by atoms with E-state index < -0.39 is 55.0 Å². The lowest BCUT2D eigenvalue weighted by Crippen LogP contribution is -2.15. The summed E-state index contributed by atoms with van der Waals surface area (Å²) in [6, 6.07) is 52.5. The molecule has 38 heteroatoms. The van der Waals surface area contributed by atoms with Gasteiger partial charge in [0.15, 0.2) is 69.1 Å². The lowest BCUT2D eigenvalue weighted by atomic mass is 10.1. The monoisotopic (exact) mass is 1840 g/mol. The van der Waals surface area contributed by atoms with Crippen molar-refractivity contribution in [3.63, 3.8) is 0 Å². The van der Waals surface area contributed by atoms with Crippen LogP contribution >= 0.6 is 34.8 Å². The first-order valence-electron chi connectivity index (χ1n) is 39.8. The van der Waals surface area contributed by atoms with Crippen molar-refractivity contribution in [1.29, 1.82) is 0 Å². The van der Waals surface area contributed by atoms with Crippen molar-refractivity contribution in [3.8, 4) is 132 Å². The lowest BCUT2D eigenvalue weighted by Gasteiger charge is -2.19. The Bertz CT molecular complexity index is 6710. The summed E-state index contributed by atoms with van der Waals surface area (Å²) < 4.78 is 202. The van der Waals surface area contributed by atoms with Gasteiger partial charge in [-0.25, -0.2) is 68.3 Å². The molecule has 12 heterocycles. The van der Waals surface area contributed by atoms with Crippen LogP contribution in [0.3, 0.4) is 0 Å². The standard InChI is InChI=1S/C24H20F3N3O4.2C23H18ClF2N3O4.C22H17ClFN3O3/c1-31-20-4-2-3-19-29-23(21-15(26)6-8-17(22(21)27)32-10-9-25)24(30(19)20)28-14-5-7-16-18(13-14)34-12-11-33-16;1-30-19-4-2-3-18-28-22(20-14(26)6-8-16(21(20)24)33-12-25)23(29(18)19)27-13-5-7-15-17(11-13)32-10-9-31-15;1-30-19-4-2-3-18-28-22(20-14(24)6-8-16(21(20)26)33-12-25)23(29(18)19)27-13-5-7-15-17(11-13)32-10-9-31-15;1-28-14-6-8-19-26-21(20-15(23)3-2-4-16(20)24)22(27(19)12-14)25-13-5-7-17-18(11-13)30-10-9-29-17/h2-8,13,28H,9-12H2,1H3;2*2-8,11,27H,9-10,12H2,1H3;2-8,11-12,25H,9-10H2,1H3. The van der Waals surface area contributed by atoms with Gasteiger partial charge in [0, 0.05) is 47.0 Å². The zero-order chi connectivity index (χ0) is 90.2. The second kappa shape index (κ2) is 38.7. The topological polar surface area (TPSA) is 256 Å². The fourth-order valence-electron chi connectivity index (χ4n) is 14.6. The summed E-state index contributed by atoms with van der Waals surface area (Å²) in [5.74, 6) is 4.11. The van der Waals surface area contributed by atoms with Crippen LogP contribution in [0.15, 0.2) is 200 Å². The number of benzene rings is 8. The third kappa shape index (κ3) is 17.7. The van der Waals surface area contributed by atoms with Gasteiger partial charge in [0.2, 0.25) is 31.4 Å². The summed E-state index contributed by atoms with van der Waals surface area (Å²) >= 11 is 19.1. The quantitative estimate of drug-likeness (QED) is 0.0434. The van der Waals surface area contributed by atoms with E-state index in [1.165, 1.54) is 45.6 Å². The van der Waals surface area contributed by atoms with Crippen molar-refractivity contribution in [1.82, 2.24) is 37.5 Å². The van der Waals surface area contributed by atoms with Crippen LogP contribution in [0, 0.1) is 29.1 Å². The maximum absolute atomic E-state index is 15.4. The Hall–Kier alpha value is -15.0. The summed E-state index contributed by atoms with van der Waals surface area (Å²) in [4.78, 5) is 18.3. The summed E-state index contributed by atoms with van der Waals surface area (Å²) in [6.45, 7) is 0.236. The molecular weight excluding hydrogens is 1770 g/mol. The average Bonchev–Trinajstić information content (AvgIpc) is 1.61. The Labute approximate surface area is 748 Å². The van der Waals surface area contributed by atoms with E-state index >= 15 is 13.2 Å². The second-order valence-corrected chi connectivity index (χ2v) is 29.3. The molecule has 0 fully saturated rings. The molecule has 8 aromatic heterocycles. The zero-order valence-electron chi connectivity index (χ0n) is 68.9. The first-order chi connectivity index (χ1) is 63.4. The molecule has 0 bridgehead atoms. The number of nitrogens with zero attached hydrogens (tertiary/aromatic N) is 8. The number of hydrogen-bond acceptors (Lipinski definition) is 23. The molecular formula is C92H73Cl3F8N12O15. The number of hydrogen-bond donors (Lipinski definition) is 4. The maximum atomic E-state index is 15.4. The van der Waals surface area contributed by atoms with Gasteiger partial charge < -0.3 is 92.3 Å². The number of anilines is 8. The molecule has 16 aromatic rings. The van der Waals surface area contributed by atoms with Crippen LogP contribution in [0.25, 0.3) is 67.6 Å². The predicted octanol–water partition coefficient (Wildman–Crippen LogP) is 21.7. The third-order valence-electron chi connectivity index (χ3n) is 20.3. The van der Waals surface area contributed by atoms with Gasteiger partial charge in [0.25, 0.3) is 0 Å². The maximum Gasteiger partial charge on any atom is 0.228 e. The fourth-order valence-corrected chi connectivity index (χ4v) is 15.4. The van der Waals surface area contributed by atoms with Gasteiger partial charge in [-0.05, 0) is 146 Å². The molecule has 8 aromatic carbocycles. The Kier molecular flexibility index (Phi) is 25.9. The van der Waals surface area contributed by atoms with Crippen molar-refractivity contribution in [3.05, 3.63) is 244 Å². The van der Waals surface area contributed by atoms with Gasteiger partial charge >= 0.3 is 0 Å². The first-order valence-corrected chi connectivity index (χ1v) is 40.9. The van der Waals surface area contributed by atoms with E-state index in [0.717, 1.165) is 23.9 Å². The van der Waals surface area contributed by atoms with Crippen molar-refractivity contribution in [2.75, 3.05) is 130 Å². The third-order valence-corrected chi connectivity index (χ3v) is 21.3. The highest BCUT2D eigenvalue weighted by Gasteiger charge is 2.31.